The summed E-state index contributed by atoms with van der Waals surface area (Å²) in [5.74, 6) is 0.0570. The molecule has 1 amide bonds. The molecule has 1 N–H and O–H groups in total. The number of aliphatic hydroxyl groups excluding tert-OH is 1. The number of nitrogens with zero attached hydrogens (tertiary/aromatic N) is 2. The van der Waals surface area contributed by atoms with Crippen LogP contribution in [0.5, 0.6) is 23.0 Å². The second-order valence-corrected chi connectivity index (χ2v) is 8.84. The smallest absolute Gasteiger partial charge is 0.295 e. The summed E-state index contributed by atoms with van der Waals surface area (Å²) < 4.78 is 16.8. The SMILES string of the molecule is COc1ccc(OC)c(/C(O)=C2\C(=O)C(=O)N(Cc3ccncc3)C2c2cccc(Oc3ccccc3)c2)c1. The zero-order valence-corrected chi connectivity index (χ0v) is 21.4. The standard InChI is InChI=1S/C31H26N2O6/c1-37-23-11-12-26(38-2)25(18-23)29(34)27-28(33(31(36)30(27)35)19-20-13-15-32-16-14-20)21-7-6-10-24(17-21)39-22-8-4-3-5-9-22/h3-18,28,34H,19H2,1-2H3/b29-27+. The average Bonchev–Trinajstić information content (AvgIpc) is 3.22. The predicted octanol–water partition coefficient (Wildman–Crippen LogP) is 5.51. The molecule has 4 aromatic rings. The quantitative estimate of drug-likeness (QED) is 0.185. The second-order valence-electron chi connectivity index (χ2n) is 8.84. The van der Waals surface area contributed by atoms with Crippen molar-refractivity contribution in [3.8, 4) is 23.0 Å². The number of hydrogen-bond acceptors (Lipinski definition) is 7. The van der Waals surface area contributed by atoms with Gasteiger partial charge in [0.25, 0.3) is 11.7 Å². The molecule has 0 spiro atoms. The van der Waals surface area contributed by atoms with Gasteiger partial charge in [0.15, 0.2) is 0 Å². The Balaban J connectivity index is 1.66. The number of benzene rings is 3. The minimum Gasteiger partial charge on any atom is -0.507 e. The number of Topliss-reactive ketones (excluding diaryl/α,β-unsaturated/α-hetero) is 1. The van der Waals surface area contributed by atoms with E-state index >= 15 is 0 Å². The molecule has 1 atom stereocenters. The first-order valence-corrected chi connectivity index (χ1v) is 12.2. The van der Waals surface area contributed by atoms with Crippen LogP contribution in [-0.4, -0.2) is 40.9 Å². The van der Waals surface area contributed by atoms with Gasteiger partial charge in [-0.2, -0.15) is 0 Å². The van der Waals surface area contributed by atoms with Crippen LogP contribution >= 0.6 is 0 Å². The maximum atomic E-state index is 13.5. The van der Waals surface area contributed by atoms with Crippen molar-refractivity contribution < 1.29 is 28.9 Å². The molecule has 8 nitrogen and oxygen atoms in total. The van der Waals surface area contributed by atoms with E-state index in [0.717, 1.165) is 5.56 Å². The molecule has 1 aliphatic heterocycles. The number of ketones is 1. The summed E-state index contributed by atoms with van der Waals surface area (Å²) in [6, 6.07) is 23.9. The van der Waals surface area contributed by atoms with Crippen LogP contribution in [-0.2, 0) is 16.1 Å². The zero-order chi connectivity index (χ0) is 27.4. The number of carbonyl (C=O) groups is 2. The third-order valence-electron chi connectivity index (χ3n) is 6.46. The molecule has 3 aromatic carbocycles. The van der Waals surface area contributed by atoms with Crippen molar-refractivity contribution in [3.63, 3.8) is 0 Å². The highest BCUT2D eigenvalue weighted by Gasteiger charge is 2.46. The summed E-state index contributed by atoms with van der Waals surface area (Å²) >= 11 is 0. The number of amides is 1. The van der Waals surface area contributed by atoms with Gasteiger partial charge in [-0.1, -0.05) is 30.3 Å². The summed E-state index contributed by atoms with van der Waals surface area (Å²) in [6.07, 6.45) is 3.24. The van der Waals surface area contributed by atoms with Gasteiger partial charge in [-0.15, -0.1) is 0 Å². The molecule has 39 heavy (non-hydrogen) atoms. The number of ether oxygens (including phenoxy) is 3. The molecule has 1 aliphatic rings. The van der Waals surface area contributed by atoms with E-state index in [4.69, 9.17) is 14.2 Å². The molecule has 5 rings (SSSR count). The Morgan fingerprint density at radius 2 is 1.59 bits per heavy atom. The maximum Gasteiger partial charge on any atom is 0.295 e. The molecule has 2 heterocycles. The Morgan fingerprint density at radius 1 is 0.846 bits per heavy atom. The van der Waals surface area contributed by atoms with E-state index in [9.17, 15) is 14.7 Å². The highest BCUT2D eigenvalue weighted by Crippen LogP contribution is 2.43. The molecule has 1 fully saturated rings. The van der Waals surface area contributed by atoms with Crippen molar-refractivity contribution in [2.75, 3.05) is 14.2 Å². The third kappa shape index (κ3) is 5.17. The molecular weight excluding hydrogens is 496 g/mol. The third-order valence-corrected chi connectivity index (χ3v) is 6.46. The molecule has 1 saturated heterocycles. The van der Waals surface area contributed by atoms with Crippen molar-refractivity contribution in [3.05, 3.63) is 120 Å². The summed E-state index contributed by atoms with van der Waals surface area (Å²) in [7, 11) is 2.96. The number of rotatable bonds is 8. The van der Waals surface area contributed by atoms with Gasteiger partial charge in [-0.05, 0) is 65.7 Å². The number of pyridine rings is 1. The summed E-state index contributed by atoms with van der Waals surface area (Å²) in [6.45, 7) is 0.132. The normalized spacial score (nSPS) is 16.3. The summed E-state index contributed by atoms with van der Waals surface area (Å²) in [4.78, 5) is 32.4. The van der Waals surface area contributed by atoms with Crippen molar-refractivity contribution in [1.82, 2.24) is 9.88 Å². The first-order valence-electron chi connectivity index (χ1n) is 12.2. The lowest BCUT2D eigenvalue weighted by molar-refractivity contribution is -0.140. The number of para-hydroxylation sites is 1. The largest absolute Gasteiger partial charge is 0.507 e. The maximum absolute atomic E-state index is 13.5. The van der Waals surface area contributed by atoms with E-state index in [-0.39, 0.29) is 23.4 Å². The summed E-state index contributed by atoms with van der Waals surface area (Å²) in [5.41, 5.74) is 1.56. The van der Waals surface area contributed by atoms with E-state index in [1.165, 1.54) is 19.1 Å². The zero-order valence-electron chi connectivity index (χ0n) is 21.4. The van der Waals surface area contributed by atoms with E-state index in [1.807, 2.05) is 30.3 Å². The lowest BCUT2D eigenvalue weighted by atomic mass is 9.94. The number of methoxy groups -OCH3 is 2. The molecule has 0 bridgehead atoms. The van der Waals surface area contributed by atoms with Gasteiger partial charge in [0, 0.05) is 18.9 Å². The first kappa shape index (κ1) is 25.5. The van der Waals surface area contributed by atoms with Crippen LogP contribution in [0.25, 0.3) is 5.76 Å². The molecule has 1 aromatic heterocycles. The monoisotopic (exact) mass is 522 g/mol. The van der Waals surface area contributed by atoms with Crippen LogP contribution in [0.15, 0.2) is 103 Å². The minimum atomic E-state index is -0.895. The van der Waals surface area contributed by atoms with E-state index in [0.29, 0.717) is 28.6 Å². The van der Waals surface area contributed by atoms with E-state index < -0.39 is 17.7 Å². The van der Waals surface area contributed by atoms with Gasteiger partial charge in [0.1, 0.15) is 28.8 Å². The Kier molecular flexibility index (Phi) is 7.27. The number of aliphatic hydroxyl groups is 1. The van der Waals surface area contributed by atoms with Crippen molar-refractivity contribution >= 4 is 17.4 Å². The van der Waals surface area contributed by atoms with E-state index in [2.05, 4.69) is 4.98 Å². The Morgan fingerprint density at radius 3 is 2.31 bits per heavy atom. The van der Waals surface area contributed by atoms with Crippen molar-refractivity contribution in [2.24, 2.45) is 0 Å². The van der Waals surface area contributed by atoms with Gasteiger partial charge in [-0.25, -0.2) is 0 Å². The fraction of sp³-hybridized carbons (Fsp3) is 0.129. The van der Waals surface area contributed by atoms with Gasteiger partial charge >= 0.3 is 0 Å². The molecule has 196 valence electrons. The number of likely N-dealkylation sites (tertiary alicyclic amines) is 1. The lowest BCUT2D eigenvalue weighted by Gasteiger charge is -2.26. The van der Waals surface area contributed by atoms with E-state index in [1.54, 1.807) is 67.0 Å². The highest BCUT2D eigenvalue weighted by atomic mass is 16.5. The van der Waals surface area contributed by atoms with Gasteiger partial charge in [0.05, 0.1) is 31.4 Å². The molecule has 0 aliphatic carbocycles. The molecule has 0 saturated carbocycles. The van der Waals surface area contributed by atoms with Crippen LogP contribution in [0.4, 0.5) is 0 Å². The number of hydrogen-bond donors (Lipinski definition) is 1. The Hall–Kier alpha value is -5.11. The highest BCUT2D eigenvalue weighted by molar-refractivity contribution is 6.46. The van der Waals surface area contributed by atoms with Crippen molar-refractivity contribution in [2.45, 2.75) is 12.6 Å². The number of aromatic nitrogens is 1. The fourth-order valence-electron chi connectivity index (χ4n) is 4.59. The van der Waals surface area contributed by atoms with Crippen LogP contribution in [0.3, 0.4) is 0 Å². The van der Waals surface area contributed by atoms with Gasteiger partial charge in [0.2, 0.25) is 0 Å². The molecule has 0 radical (unpaired) electrons. The molecule has 8 heteroatoms. The van der Waals surface area contributed by atoms with Gasteiger partial charge < -0.3 is 24.2 Å². The topological polar surface area (TPSA) is 98.2 Å². The fourth-order valence-corrected chi connectivity index (χ4v) is 4.59. The number of carbonyl (C=O) groups excluding carboxylic acids is 2. The Bertz CT molecular complexity index is 1540. The van der Waals surface area contributed by atoms with Crippen LogP contribution in [0, 0.1) is 0 Å². The van der Waals surface area contributed by atoms with Crippen LogP contribution in [0.2, 0.25) is 0 Å². The van der Waals surface area contributed by atoms with Crippen LogP contribution < -0.4 is 14.2 Å². The molecule has 1 unspecified atom stereocenters. The van der Waals surface area contributed by atoms with Gasteiger partial charge in [-0.3, -0.25) is 14.6 Å². The molecular formula is C31H26N2O6. The Labute approximate surface area is 225 Å². The minimum absolute atomic E-state index is 0.0579. The lowest BCUT2D eigenvalue weighted by Crippen LogP contribution is -2.29. The average molecular weight is 523 g/mol. The summed E-state index contributed by atoms with van der Waals surface area (Å²) in [5, 5.41) is 11.6. The predicted molar refractivity (Wildman–Crippen MR) is 145 cm³/mol. The first-order chi connectivity index (χ1) is 19.0. The van der Waals surface area contributed by atoms with Crippen LogP contribution in [0.1, 0.15) is 22.7 Å². The van der Waals surface area contributed by atoms with Crippen molar-refractivity contribution in [1.29, 1.82) is 0 Å². The second kappa shape index (κ2) is 11.1.